The summed E-state index contributed by atoms with van der Waals surface area (Å²) in [6.45, 7) is 13.4. The summed E-state index contributed by atoms with van der Waals surface area (Å²) in [5, 5.41) is 2.41. The van der Waals surface area contributed by atoms with E-state index >= 15 is 0 Å². The number of nitrogens with zero attached hydrogens (tertiary/aromatic N) is 3. The van der Waals surface area contributed by atoms with Crippen molar-refractivity contribution >= 4 is 39.1 Å². The monoisotopic (exact) mass is 581 g/mol. The Kier molecular flexibility index (Phi) is 7.85. The van der Waals surface area contributed by atoms with Crippen LogP contribution in [-0.2, 0) is 0 Å². The lowest BCUT2D eigenvalue weighted by atomic mass is 9.91. The van der Waals surface area contributed by atoms with Crippen LogP contribution in [0.25, 0.3) is 32.9 Å². The lowest BCUT2D eigenvalue weighted by molar-refractivity contribution is 0.628. The van der Waals surface area contributed by atoms with Crippen LogP contribution in [0.15, 0.2) is 108 Å². The lowest BCUT2D eigenvalue weighted by Gasteiger charge is -2.34. The number of benzene rings is 5. The molecule has 0 fully saturated rings. The van der Waals surface area contributed by atoms with Gasteiger partial charge >= 0.3 is 0 Å². The molecule has 0 saturated carbocycles. The lowest BCUT2D eigenvalue weighted by Crippen LogP contribution is -2.34. The van der Waals surface area contributed by atoms with Gasteiger partial charge in [-0.25, -0.2) is 4.39 Å². The number of anilines is 2. The van der Waals surface area contributed by atoms with E-state index in [-0.39, 0.29) is 17.7 Å². The van der Waals surface area contributed by atoms with E-state index in [0.29, 0.717) is 0 Å². The molecule has 5 aromatic carbocycles. The molecule has 44 heavy (non-hydrogen) atoms. The molecule has 1 aromatic heterocycles. The van der Waals surface area contributed by atoms with Crippen LogP contribution in [0, 0.1) is 19.7 Å². The summed E-state index contributed by atoms with van der Waals surface area (Å²) in [6.07, 6.45) is 0. The van der Waals surface area contributed by atoms with Gasteiger partial charge in [0.25, 0.3) is 0 Å². The molecule has 0 N–H and O–H groups in total. The van der Waals surface area contributed by atoms with Crippen molar-refractivity contribution in [1.82, 2.24) is 4.57 Å². The average molecular weight is 582 g/mol. The Morgan fingerprint density at radius 3 is 1.95 bits per heavy atom. The van der Waals surface area contributed by atoms with Crippen LogP contribution < -0.4 is 4.90 Å². The van der Waals surface area contributed by atoms with Crippen molar-refractivity contribution in [3.05, 3.63) is 131 Å². The van der Waals surface area contributed by atoms with Crippen molar-refractivity contribution < 1.29 is 4.39 Å². The zero-order valence-electron chi connectivity index (χ0n) is 26.7. The topological polar surface area (TPSA) is 20.5 Å². The molecule has 6 rings (SSSR count). The molecule has 0 saturated heterocycles. The predicted molar refractivity (Wildman–Crippen MR) is 186 cm³/mol. The standard InChI is InChI=1S/C40H40FN3/c1-25(2)32-14-11-15-33(26(3)4)39(32)44(37-24-30(19-18-27(37)5)29-20-22-31(41)23-21-29)40(42-7)43-36-17-9-8-13-34(36)35-16-10-12-28(6)38(35)43/h8-26H,1-7H3/b42-40+. The minimum Gasteiger partial charge on any atom is -0.280 e. The smallest absolute Gasteiger partial charge is 0.214 e. The van der Waals surface area contributed by atoms with Gasteiger partial charge in [-0.3, -0.25) is 14.5 Å². The maximum Gasteiger partial charge on any atom is 0.214 e. The summed E-state index contributed by atoms with van der Waals surface area (Å²) in [7, 11) is 1.90. The van der Waals surface area contributed by atoms with Crippen LogP contribution in [0.2, 0.25) is 0 Å². The van der Waals surface area contributed by atoms with Gasteiger partial charge in [0.2, 0.25) is 5.96 Å². The van der Waals surface area contributed by atoms with E-state index in [9.17, 15) is 4.39 Å². The summed E-state index contributed by atoms with van der Waals surface area (Å²) >= 11 is 0. The van der Waals surface area contributed by atoms with Gasteiger partial charge in [-0.1, -0.05) is 107 Å². The van der Waals surface area contributed by atoms with Crippen LogP contribution in [0.1, 0.15) is 61.8 Å². The third-order valence-electron chi connectivity index (χ3n) is 8.69. The van der Waals surface area contributed by atoms with Crippen LogP contribution in [0.3, 0.4) is 0 Å². The van der Waals surface area contributed by atoms with Gasteiger partial charge in [-0.2, -0.15) is 0 Å². The van der Waals surface area contributed by atoms with Gasteiger partial charge in [0.15, 0.2) is 0 Å². The third-order valence-corrected chi connectivity index (χ3v) is 8.69. The first-order valence-corrected chi connectivity index (χ1v) is 15.5. The SMILES string of the molecule is C/N=C(/N(c1cc(-c2ccc(F)cc2)ccc1C)c1c(C(C)C)cccc1C(C)C)n1c2ccccc2c2cccc(C)c21. The van der Waals surface area contributed by atoms with Crippen LogP contribution in [-0.4, -0.2) is 17.6 Å². The Morgan fingerprint density at radius 1 is 0.682 bits per heavy atom. The highest BCUT2D eigenvalue weighted by Gasteiger charge is 2.29. The molecule has 0 aliphatic heterocycles. The number of para-hydroxylation sites is 3. The summed E-state index contributed by atoms with van der Waals surface area (Å²) in [4.78, 5) is 7.52. The van der Waals surface area contributed by atoms with Gasteiger partial charge in [0.05, 0.1) is 22.4 Å². The highest BCUT2D eigenvalue weighted by atomic mass is 19.1. The Labute approximate surface area is 260 Å². The summed E-state index contributed by atoms with van der Waals surface area (Å²) < 4.78 is 16.2. The second-order valence-electron chi connectivity index (χ2n) is 12.3. The van der Waals surface area contributed by atoms with E-state index in [1.54, 1.807) is 0 Å². The fraction of sp³-hybridized carbons (Fsp3) is 0.225. The molecule has 0 unspecified atom stereocenters. The molecule has 0 amide bonds. The second kappa shape index (κ2) is 11.8. The first-order chi connectivity index (χ1) is 21.2. The molecular weight excluding hydrogens is 541 g/mol. The highest BCUT2D eigenvalue weighted by molar-refractivity contribution is 6.19. The van der Waals surface area contributed by atoms with Crippen molar-refractivity contribution in [3.63, 3.8) is 0 Å². The van der Waals surface area contributed by atoms with Gasteiger partial charge in [-0.15, -0.1) is 0 Å². The normalized spacial score (nSPS) is 12.2. The van der Waals surface area contributed by atoms with Gasteiger partial charge in [-0.05, 0) is 83.3 Å². The largest absolute Gasteiger partial charge is 0.280 e. The van der Waals surface area contributed by atoms with Crippen LogP contribution in [0.4, 0.5) is 15.8 Å². The quantitative estimate of drug-likeness (QED) is 0.146. The summed E-state index contributed by atoms with van der Waals surface area (Å²) in [6, 6.07) is 35.1. The molecular formula is C40H40FN3. The molecule has 0 aliphatic rings. The Balaban J connectivity index is 1.74. The van der Waals surface area contributed by atoms with Crippen molar-refractivity contribution in [1.29, 1.82) is 0 Å². The molecule has 0 atom stereocenters. The van der Waals surface area contributed by atoms with E-state index in [2.05, 4.69) is 130 Å². The fourth-order valence-corrected chi connectivity index (χ4v) is 6.47. The second-order valence-corrected chi connectivity index (χ2v) is 12.3. The van der Waals surface area contributed by atoms with Crippen molar-refractivity contribution in [2.75, 3.05) is 11.9 Å². The van der Waals surface area contributed by atoms with Crippen LogP contribution in [0.5, 0.6) is 0 Å². The van der Waals surface area contributed by atoms with Crippen molar-refractivity contribution in [2.24, 2.45) is 4.99 Å². The number of hydrogen-bond donors (Lipinski definition) is 0. The van der Waals surface area contributed by atoms with Crippen molar-refractivity contribution in [3.8, 4) is 11.1 Å². The predicted octanol–water partition coefficient (Wildman–Crippen LogP) is 11.1. The number of halogens is 1. The third kappa shape index (κ3) is 4.98. The number of aromatic nitrogens is 1. The first-order valence-electron chi connectivity index (χ1n) is 15.5. The molecule has 0 radical (unpaired) electrons. The van der Waals surface area contributed by atoms with Crippen molar-refractivity contribution in [2.45, 2.75) is 53.4 Å². The Bertz CT molecular complexity index is 1990. The number of rotatable bonds is 5. The minimum atomic E-state index is -0.239. The molecule has 1 heterocycles. The molecule has 0 aliphatic carbocycles. The zero-order chi connectivity index (χ0) is 31.1. The molecule has 6 aromatic rings. The molecule has 0 spiro atoms. The van der Waals surface area contributed by atoms with E-state index in [4.69, 9.17) is 4.99 Å². The van der Waals surface area contributed by atoms with E-state index < -0.39 is 0 Å². The fourth-order valence-electron chi connectivity index (χ4n) is 6.47. The zero-order valence-corrected chi connectivity index (χ0v) is 26.7. The maximum atomic E-state index is 13.9. The molecule has 0 bridgehead atoms. The van der Waals surface area contributed by atoms with E-state index in [1.165, 1.54) is 39.6 Å². The first kappa shape index (κ1) is 29.4. The van der Waals surface area contributed by atoms with Gasteiger partial charge in [0, 0.05) is 17.8 Å². The average Bonchev–Trinajstić information content (AvgIpc) is 3.36. The van der Waals surface area contributed by atoms with E-state index in [1.807, 2.05) is 19.2 Å². The Hall–Kier alpha value is -4.70. The minimum absolute atomic E-state index is 0.239. The summed E-state index contributed by atoms with van der Waals surface area (Å²) in [5.41, 5.74) is 11.3. The number of aryl methyl sites for hydroxylation is 2. The number of hydrogen-bond acceptors (Lipinski definition) is 1. The Morgan fingerprint density at radius 2 is 1.30 bits per heavy atom. The molecule has 3 nitrogen and oxygen atoms in total. The van der Waals surface area contributed by atoms with Gasteiger partial charge < -0.3 is 0 Å². The summed E-state index contributed by atoms with van der Waals surface area (Å²) in [5.74, 6) is 1.16. The van der Waals surface area contributed by atoms with Crippen LogP contribution >= 0.6 is 0 Å². The number of aliphatic imine (C=N–C) groups is 1. The molecule has 4 heteroatoms. The van der Waals surface area contributed by atoms with Gasteiger partial charge in [0.1, 0.15) is 5.82 Å². The number of fused-ring (bicyclic) bond motifs is 3. The highest BCUT2D eigenvalue weighted by Crippen LogP contribution is 2.43. The van der Waals surface area contributed by atoms with E-state index in [0.717, 1.165) is 45.1 Å². The molecule has 222 valence electrons. The maximum absolute atomic E-state index is 13.9.